The van der Waals surface area contributed by atoms with E-state index in [9.17, 15) is 0 Å². The van der Waals surface area contributed by atoms with Crippen molar-refractivity contribution in [1.29, 1.82) is 0 Å². The number of hydrogen-bond donors (Lipinski definition) is 1. The summed E-state index contributed by atoms with van der Waals surface area (Å²) in [5.41, 5.74) is 6.13. The Morgan fingerprint density at radius 3 is 2.78 bits per heavy atom. The van der Waals surface area contributed by atoms with Crippen molar-refractivity contribution in [1.82, 2.24) is 15.0 Å². The van der Waals surface area contributed by atoms with E-state index in [2.05, 4.69) is 22.0 Å². The zero-order valence-corrected chi connectivity index (χ0v) is 10.8. The molecule has 0 amide bonds. The van der Waals surface area contributed by atoms with Crippen molar-refractivity contribution >= 4 is 0 Å². The van der Waals surface area contributed by atoms with Gasteiger partial charge in [-0.1, -0.05) is 5.16 Å². The van der Waals surface area contributed by atoms with Crippen LogP contribution < -0.4 is 5.73 Å². The molecule has 5 nitrogen and oxygen atoms in total. The van der Waals surface area contributed by atoms with E-state index < -0.39 is 5.54 Å². The first-order valence-electron chi connectivity index (χ1n) is 7.04. The topological polar surface area (TPSA) is 68.2 Å². The van der Waals surface area contributed by atoms with E-state index >= 15 is 0 Å². The van der Waals surface area contributed by atoms with E-state index in [0.29, 0.717) is 12.0 Å². The SMILES string of the molecule is CC1CC(N)(c2noc(C3CC3)n2)CN1C1CC1. The van der Waals surface area contributed by atoms with Crippen LogP contribution in [0.1, 0.15) is 56.7 Å². The van der Waals surface area contributed by atoms with Crippen LogP contribution in [0.2, 0.25) is 0 Å². The predicted molar refractivity (Wildman–Crippen MR) is 65.9 cm³/mol. The summed E-state index contributed by atoms with van der Waals surface area (Å²) in [5, 5.41) is 4.14. The third-order valence-electron chi connectivity index (χ3n) is 4.52. The molecule has 2 atom stereocenters. The van der Waals surface area contributed by atoms with E-state index in [1.54, 1.807) is 0 Å². The summed E-state index contributed by atoms with van der Waals surface area (Å²) in [6, 6.07) is 1.28. The van der Waals surface area contributed by atoms with Gasteiger partial charge < -0.3 is 10.3 Å². The fourth-order valence-electron chi connectivity index (χ4n) is 3.18. The van der Waals surface area contributed by atoms with Gasteiger partial charge in [0.1, 0.15) is 0 Å². The Hall–Kier alpha value is -0.940. The Kier molecular flexibility index (Phi) is 2.15. The highest BCUT2D eigenvalue weighted by molar-refractivity contribution is 5.14. The van der Waals surface area contributed by atoms with Crippen LogP contribution in [0.4, 0.5) is 0 Å². The molecule has 2 saturated carbocycles. The highest BCUT2D eigenvalue weighted by Gasteiger charge is 2.48. The lowest BCUT2D eigenvalue weighted by Crippen LogP contribution is -2.41. The molecule has 3 aliphatic rings. The Bertz CT molecular complexity index is 465. The van der Waals surface area contributed by atoms with Gasteiger partial charge in [0.15, 0.2) is 5.82 Å². The van der Waals surface area contributed by atoms with E-state index in [-0.39, 0.29) is 0 Å². The van der Waals surface area contributed by atoms with Crippen molar-refractivity contribution in [3.05, 3.63) is 11.7 Å². The Morgan fingerprint density at radius 2 is 2.11 bits per heavy atom. The fourth-order valence-corrected chi connectivity index (χ4v) is 3.18. The van der Waals surface area contributed by atoms with Gasteiger partial charge in [-0.05, 0) is 39.0 Å². The molecule has 1 aromatic heterocycles. The number of nitrogens with two attached hydrogens (primary N) is 1. The van der Waals surface area contributed by atoms with Gasteiger partial charge >= 0.3 is 0 Å². The second-order valence-electron chi connectivity index (χ2n) is 6.34. The molecule has 5 heteroatoms. The first kappa shape index (κ1) is 10.9. The van der Waals surface area contributed by atoms with Gasteiger partial charge in [-0.3, -0.25) is 4.90 Å². The van der Waals surface area contributed by atoms with Crippen molar-refractivity contribution in [3.63, 3.8) is 0 Å². The summed E-state index contributed by atoms with van der Waals surface area (Å²) in [5.74, 6) is 2.03. The molecule has 2 heterocycles. The first-order valence-corrected chi connectivity index (χ1v) is 7.04. The van der Waals surface area contributed by atoms with Crippen LogP contribution in [0, 0.1) is 0 Å². The molecular formula is C13H20N4O. The quantitative estimate of drug-likeness (QED) is 0.874. The number of aromatic nitrogens is 2. The average molecular weight is 248 g/mol. The van der Waals surface area contributed by atoms with E-state index in [1.807, 2.05) is 0 Å². The highest BCUT2D eigenvalue weighted by atomic mass is 16.5. The highest BCUT2D eigenvalue weighted by Crippen LogP contribution is 2.42. The van der Waals surface area contributed by atoms with Crippen LogP contribution >= 0.6 is 0 Å². The van der Waals surface area contributed by atoms with Gasteiger partial charge in [0, 0.05) is 24.5 Å². The Labute approximate surface area is 107 Å². The number of hydrogen-bond acceptors (Lipinski definition) is 5. The van der Waals surface area contributed by atoms with Crippen molar-refractivity contribution in [2.24, 2.45) is 5.73 Å². The Balaban J connectivity index is 1.58. The van der Waals surface area contributed by atoms with Gasteiger partial charge in [0.05, 0.1) is 5.54 Å². The van der Waals surface area contributed by atoms with Gasteiger partial charge in [-0.2, -0.15) is 4.98 Å². The molecule has 2 unspecified atom stereocenters. The van der Waals surface area contributed by atoms with Gasteiger partial charge in [-0.25, -0.2) is 0 Å². The zero-order valence-electron chi connectivity index (χ0n) is 10.8. The first-order chi connectivity index (χ1) is 8.66. The van der Waals surface area contributed by atoms with Gasteiger partial charge in [0.2, 0.25) is 5.89 Å². The summed E-state index contributed by atoms with van der Waals surface area (Å²) >= 11 is 0. The average Bonchev–Trinajstić information content (AvgIpc) is 3.26. The molecule has 0 bridgehead atoms. The maximum absolute atomic E-state index is 6.53. The number of nitrogens with zero attached hydrogens (tertiary/aromatic N) is 3. The minimum atomic E-state index is -0.404. The molecule has 1 saturated heterocycles. The van der Waals surface area contributed by atoms with Crippen LogP contribution in [0.15, 0.2) is 4.52 Å². The normalized spacial score (nSPS) is 37.3. The van der Waals surface area contributed by atoms with Gasteiger partial charge in [0.25, 0.3) is 0 Å². The summed E-state index contributed by atoms with van der Waals surface area (Å²) in [6.45, 7) is 3.14. The summed E-state index contributed by atoms with van der Waals surface area (Å²) in [7, 11) is 0. The summed E-state index contributed by atoms with van der Waals surface area (Å²) in [4.78, 5) is 7.07. The van der Waals surface area contributed by atoms with Crippen LogP contribution in [0.25, 0.3) is 0 Å². The molecule has 2 N–H and O–H groups in total. The fraction of sp³-hybridized carbons (Fsp3) is 0.846. The third kappa shape index (κ3) is 1.68. The predicted octanol–water partition coefficient (Wildman–Crippen LogP) is 1.36. The molecule has 1 aromatic rings. The van der Waals surface area contributed by atoms with Crippen LogP contribution in [0.5, 0.6) is 0 Å². The molecule has 98 valence electrons. The maximum atomic E-state index is 6.53. The van der Waals surface area contributed by atoms with Gasteiger partial charge in [-0.15, -0.1) is 0 Å². The maximum Gasteiger partial charge on any atom is 0.229 e. The minimum absolute atomic E-state index is 0.404. The zero-order chi connectivity index (χ0) is 12.3. The van der Waals surface area contributed by atoms with Crippen LogP contribution in [0.3, 0.4) is 0 Å². The van der Waals surface area contributed by atoms with Crippen molar-refractivity contribution in [2.45, 2.75) is 62.6 Å². The smallest absolute Gasteiger partial charge is 0.229 e. The monoisotopic (exact) mass is 248 g/mol. The second-order valence-corrected chi connectivity index (χ2v) is 6.34. The minimum Gasteiger partial charge on any atom is -0.339 e. The van der Waals surface area contributed by atoms with Crippen LogP contribution in [-0.2, 0) is 5.54 Å². The van der Waals surface area contributed by atoms with Crippen molar-refractivity contribution < 1.29 is 4.52 Å². The lowest BCUT2D eigenvalue weighted by Gasteiger charge is -2.21. The van der Waals surface area contributed by atoms with E-state index in [1.165, 1.54) is 25.7 Å². The summed E-state index contributed by atoms with van der Waals surface area (Å²) < 4.78 is 5.35. The molecule has 18 heavy (non-hydrogen) atoms. The molecule has 1 aliphatic heterocycles. The number of likely N-dealkylation sites (tertiary alicyclic amines) is 1. The Morgan fingerprint density at radius 1 is 1.33 bits per heavy atom. The molecular weight excluding hydrogens is 228 g/mol. The molecule has 3 fully saturated rings. The lowest BCUT2D eigenvalue weighted by atomic mass is 9.97. The third-order valence-corrected chi connectivity index (χ3v) is 4.52. The molecule has 2 aliphatic carbocycles. The second kappa shape index (κ2) is 3.54. The molecule has 0 aromatic carbocycles. The summed E-state index contributed by atoms with van der Waals surface area (Å²) in [6.07, 6.45) is 5.95. The number of rotatable bonds is 3. The molecule has 0 spiro atoms. The van der Waals surface area contributed by atoms with E-state index in [0.717, 1.165) is 30.7 Å². The van der Waals surface area contributed by atoms with Crippen LogP contribution in [-0.4, -0.2) is 33.7 Å². The van der Waals surface area contributed by atoms with Crippen molar-refractivity contribution in [2.75, 3.05) is 6.54 Å². The standard InChI is InChI=1S/C13H20N4O/c1-8-6-13(14,7-17(8)10-4-5-10)12-15-11(18-16-12)9-2-3-9/h8-10H,2-7,14H2,1H3. The molecule has 4 rings (SSSR count). The lowest BCUT2D eigenvalue weighted by molar-refractivity contribution is 0.247. The molecule has 0 radical (unpaired) electrons. The largest absolute Gasteiger partial charge is 0.339 e. The van der Waals surface area contributed by atoms with E-state index in [4.69, 9.17) is 10.3 Å². The van der Waals surface area contributed by atoms with Crippen molar-refractivity contribution in [3.8, 4) is 0 Å².